The van der Waals surface area contributed by atoms with Gasteiger partial charge in [-0.15, -0.1) is 0 Å². The van der Waals surface area contributed by atoms with Crippen LogP contribution >= 0.6 is 23.2 Å². The monoisotopic (exact) mass is 255 g/mol. The largest absolute Gasteiger partial charge is 0.330 e. The molecule has 0 amide bonds. The molecule has 1 aromatic heterocycles. The van der Waals surface area contributed by atoms with E-state index in [1.807, 2.05) is 22.9 Å². The Morgan fingerprint density at radius 1 is 1.19 bits per heavy atom. The fourth-order valence-electron chi connectivity index (χ4n) is 1.47. The lowest BCUT2D eigenvalue weighted by Crippen LogP contribution is -2.02. The summed E-state index contributed by atoms with van der Waals surface area (Å²) in [5.74, 6) is 0. The van der Waals surface area contributed by atoms with Crippen molar-refractivity contribution < 1.29 is 0 Å². The molecule has 2 aromatic rings. The molecule has 16 heavy (non-hydrogen) atoms. The summed E-state index contributed by atoms with van der Waals surface area (Å²) in [4.78, 5) is 4.24. The summed E-state index contributed by atoms with van der Waals surface area (Å²) in [7, 11) is 0. The Balaban J connectivity index is 2.34. The first-order chi connectivity index (χ1) is 7.69. The van der Waals surface area contributed by atoms with Gasteiger partial charge < -0.3 is 10.3 Å². The summed E-state index contributed by atoms with van der Waals surface area (Å²) >= 11 is 11.9. The van der Waals surface area contributed by atoms with Crippen LogP contribution in [0.5, 0.6) is 0 Å². The van der Waals surface area contributed by atoms with Crippen molar-refractivity contribution in [3.8, 4) is 5.69 Å². The third-order valence-corrected chi connectivity index (χ3v) is 2.62. The molecule has 0 bridgehead atoms. The van der Waals surface area contributed by atoms with Gasteiger partial charge in [-0.2, -0.15) is 0 Å². The van der Waals surface area contributed by atoms with Crippen molar-refractivity contribution in [3.05, 3.63) is 46.5 Å². The molecule has 5 heteroatoms. The lowest BCUT2D eigenvalue weighted by Gasteiger charge is -2.03. The van der Waals surface area contributed by atoms with E-state index in [1.165, 1.54) is 0 Å². The Kier molecular flexibility index (Phi) is 3.49. The highest BCUT2D eigenvalue weighted by Crippen LogP contribution is 2.21. The molecular formula is C11H11Cl2N3. The van der Waals surface area contributed by atoms with Gasteiger partial charge in [0, 0.05) is 28.4 Å². The van der Waals surface area contributed by atoms with E-state index in [2.05, 4.69) is 4.98 Å². The Morgan fingerprint density at radius 3 is 2.50 bits per heavy atom. The molecule has 0 unspecified atom stereocenters. The van der Waals surface area contributed by atoms with Crippen molar-refractivity contribution in [2.45, 2.75) is 6.42 Å². The average molecular weight is 256 g/mol. The topological polar surface area (TPSA) is 43.8 Å². The number of hydrogen-bond donors (Lipinski definition) is 1. The van der Waals surface area contributed by atoms with Crippen molar-refractivity contribution in [2.24, 2.45) is 5.73 Å². The molecule has 0 fully saturated rings. The van der Waals surface area contributed by atoms with Crippen LogP contribution in [0.1, 0.15) is 5.69 Å². The highest BCUT2D eigenvalue weighted by atomic mass is 35.5. The van der Waals surface area contributed by atoms with E-state index in [-0.39, 0.29) is 0 Å². The highest BCUT2D eigenvalue weighted by molar-refractivity contribution is 6.34. The second-order valence-electron chi connectivity index (χ2n) is 3.44. The van der Waals surface area contributed by atoms with Crippen LogP contribution in [0.15, 0.2) is 30.7 Å². The predicted octanol–water partition coefficient (Wildman–Crippen LogP) is 2.68. The van der Waals surface area contributed by atoms with E-state index in [9.17, 15) is 0 Å². The number of hydrogen-bond acceptors (Lipinski definition) is 2. The molecule has 0 atom stereocenters. The highest BCUT2D eigenvalue weighted by Gasteiger charge is 2.02. The van der Waals surface area contributed by atoms with E-state index in [4.69, 9.17) is 28.9 Å². The van der Waals surface area contributed by atoms with Crippen molar-refractivity contribution in [1.29, 1.82) is 0 Å². The Labute approximate surface area is 104 Å². The molecular weight excluding hydrogens is 245 g/mol. The van der Waals surface area contributed by atoms with E-state index in [0.717, 1.165) is 17.8 Å². The Bertz CT molecular complexity index is 473. The molecule has 1 aromatic carbocycles. The summed E-state index contributed by atoms with van der Waals surface area (Å²) in [6, 6.07) is 5.37. The average Bonchev–Trinajstić information content (AvgIpc) is 2.65. The third kappa shape index (κ3) is 2.55. The minimum atomic E-state index is 0.591. The number of benzene rings is 1. The Morgan fingerprint density at radius 2 is 1.88 bits per heavy atom. The molecule has 3 nitrogen and oxygen atoms in total. The SMILES string of the molecule is NCCc1cn(-c2cc(Cl)cc(Cl)c2)cn1. The van der Waals surface area contributed by atoms with Crippen LogP contribution in [0.3, 0.4) is 0 Å². The zero-order chi connectivity index (χ0) is 11.5. The van der Waals surface area contributed by atoms with Gasteiger partial charge in [-0.1, -0.05) is 23.2 Å². The first-order valence-corrected chi connectivity index (χ1v) is 5.64. The first-order valence-electron chi connectivity index (χ1n) is 4.88. The van der Waals surface area contributed by atoms with E-state index in [1.54, 1.807) is 12.4 Å². The lowest BCUT2D eigenvalue weighted by atomic mass is 10.3. The van der Waals surface area contributed by atoms with Crippen LogP contribution < -0.4 is 5.73 Å². The van der Waals surface area contributed by atoms with Crippen molar-refractivity contribution in [2.75, 3.05) is 6.54 Å². The molecule has 0 saturated heterocycles. The second kappa shape index (κ2) is 4.87. The maximum absolute atomic E-state index is 5.93. The van der Waals surface area contributed by atoms with Crippen LogP contribution in [-0.4, -0.2) is 16.1 Å². The van der Waals surface area contributed by atoms with Gasteiger partial charge >= 0.3 is 0 Å². The molecule has 84 valence electrons. The predicted molar refractivity (Wildman–Crippen MR) is 66.3 cm³/mol. The molecule has 0 saturated carbocycles. The molecule has 1 heterocycles. The minimum absolute atomic E-state index is 0.591. The van der Waals surface area contributed by atoms with E-state index >= 15 is 0 Å². The zero-order valence-corrected chi connectivity index (χ0v) is 10.0. The van der Waals surface area contributed by atoms with Gasteiger partial charge in [0.2, 0.25) is 0 Å². The lowest BCUT2D eigenvalue weighted by molar-refractivity contribution is 0.934. The molecule has 0 aliphatic carbocycles. The number of rotatable bonds is 3. The zero-order valence-electron chi connectivity index (χ0n) is 8.53. The van der Waals surface area contributed by atoms with Gasteiger partial charge in [0.15, 0.2) is 0 Å². The number of imidazole rings is 1. The van der Waals surface area contributed by atoms with Gasteiger partial charge in [-0.25, -0.2) is 4.98 Å². The third-order valence-electron chi connectivity index (χ3n) is 2.18. The molecule has 0 radical (unpaired) electrons. The second-order valence-corrected chi connectivity index (χ2v) is 4.31. The van der Waals surface area contributed by atoms with E-state index < -0.39 is 0 Å². The molecule has 0 spiro atoms. The van der Waals surface area contributed by atoms with Crippen LogP contribution in [-0.2, 0) is 6.42 Å². The van der Waals surface area contributed by atoms with Crippen molar-refractivity contribution in [1.82, 2.24) is 9.55 Å². The van der Waals surface area contributed by atoms with Crippen LogP contribution in [0.25, 0.3) is 5.69 Å². The normalized spacial score (nSPS) is 10.7. The van der Waals surface area contributed by atoms with Crippen molar-refractivity contribution >= 4 is 23.2 Å². The summed E-state index contributed by atoms with van der Waals surface area (Å²) < 4.78 is 1.88. The van der Waals surface area contributed by atoms with Gasteiger partial charge in [-0.05, 0) is 24.7 Å². The van der Waals surface area contributed by atoms with Gasteiger partial charge in [-0.3, -0.25) is 0 Å². The first kappa shape index (κ1) is 11.5. The fourth-order valence-corrected chi connectivity index (χ4v) is 1.98. The van der Waals surface area contributed by atoms with Gasteiger partial charge in [0.25, 0.3) is 0 Å². The fraction of sp³-hybridized carbons (Fsp3) is 0.182. The van der Waals surface area contributed by atoms with Crippen LogP contribution in [0.2, 0.25) is 10.0 Å². The Hall–Kier alpha value is -1.03. The number of halogens is 2. The van der Waals surface area contributed by atoms with E-state index in [0.29, 0.717) is 16.6 Å². The van der Waals surface area contributed by atoms with Gasteiger partial charge in [0.1, 0.15) is 0 Å². The number of nitrogens with two attached hydrogens (primary N) is 1. The van der Waals surface area contributed by atoms with Crippen LogP contribution in [0.4, 0.5) is 0 Å². The van der Waals surface area contributed by atoms with Gasteiger partial charge in [0.05, 0.1) is 12.0 Å². The maximum atomic E-state index is 5.93. The van der Waals surface area contributed by atoms with Crippen LogP contribution in [0, 0.1) is 0 Å². The smallest absolute Gasteiger partial charge is 0.0995 e. The molecule has 0 aliphatic rings. The summed E-state index contributed by atoms with van der Waals surface area (Å²) in [6.45, 7) is 0.591. The molecule has 2 N–H and O–H groups in total. The summed E-state index contributed by atoms with van der Waals surface area (Å²) in [5.41, 5.74) is 7.32. The maximum Gasteiger partial charge on any atom is 0.0995 e. The minimum Gasteiger partial charge on any atom is -0.330 e. The van der Waals surface area contributed by atoms with Crippen molar-refractivity contribution in [3.63, 3.8) is 0 Å². The standard InChI is InChI=1S/C11H11Cl2N3/c12-8-3-9(13)5-11(4-8)16-6-10(1-2-14)15-7-16/h3-7H,1-2,14H2. The molecule has 0 aliphatic heterocycles. The number of nitrogens with zero attached hydrogens (tertiary/aromatic N) is 2. The number of aromatic nitrogens is 2. The molecule has 2 rings (SSSR count). The summed E-state index contributed by atoms with van der Waals surface area (Å²) in [6.07, 6.45) is 4.42. The quantitative estimate of drug-likeness (QED) is 0.917. The summed E-state index contributed by atoms with van der Waals surface area (Å²) in [5, 5.41) is 1.22.